The van der Waals surface area contributed by atoms with Crippen LogP contribution in [0.25, 0.3) is 10.9 Å². The highest BCUT2D eigenvalue weighted by atomic mass is 35.5. The van der Waals surface area contributed by atoms with Crippen LogP contribution in [0.5, 0.6) is 0 Å². The Morgan fingerprint density at radius 1 is 1.10 bits per heavy atom. The first-order chi connectivity index (χ1) is 10.3. The Balaban J connectivity index is 1.65. The number of piperazine rings is 1. The Labute approximate surface area is 130 Å². The number of benzene rings is 1. The van der Waals surface area contributed by atoms with Gasteiger partial charge in [-0.2, -0.15) is 0 Å². The molecule has 1 aromatic carbocycles. The average molecular weight is 302 g/mol. The van der Waals surface area contributed by atoms with E-state index in [-0.39, 0.29) is 0 Å². The minimum atomic E-state index is 0.472. The number of fused-ring (bicyclic) bond motifs is 1. The number of rotatable bonds is 3. The van der Waals surface area contributed by atoms with E-state index in [4.69, 9.17) is 11.6 Å². The highest BCUT2D eigenvalue weighted by molar-refractivity contribution is 6.17. The quantitative estimate of drug-likeness (QED) is 0.811. The van der Waals surface area contributed by atoms with Gasteiger partial charge in [-0.1, -0.05) is 18.2 Å². The van der Waals surface area contributed by atoms with Gasteiger partial charge in [0.2, 0.25) is 0 Å². The van der Waals surface area contributed by atoms with Gasteiger partial charge in [-0.15, -0.1) is 11.6 Å². The zero-order chi connectivity index (χ0) is 14.2. The molecular weight excluding hydrogens is 282 g/mol. The summed E-state index contributed by atoms with van der Waals surface area (Å²) in [5.74, 6) is 0.472. The van der Waals surface area contributed by atoms with E-state index in [2.05, 4.69) is 39.0 Å². The molecule has 2 aromatic rings. The second-order valence-corrected chi connectivity index (χ2v) is 6.30. The molecule has 0 spiro atoms. The van der Waals surface area contributed by atoms with Gasteiger partial charge in [-0.25, -0.2) is 0 Å². The molecular formula is C17H20ClN3. The monoisotopic (exact) mass is 301 g/mol. The molecule has 1 saturated heterocycles. The predicted molar refractivity (Wildman–Crippen MR) is 88.1 cm³/mol. The van der Waals surface area contributed by atoms with Crippen molar-refractivity contribution < 1.29 is 0 Å². The van der Waals surface area contributed by atoms with Crippen LogP contribution < -0.4 is 4.90 Å². The van der Waals surface area contributed by atoms with Crippen molar-refractivity contribution in [2.75, 3.05) is 31.1 Å². The van der Waals surface area contributed by atoms with Crippen LogP contribution in [0.15, 0.2) is 30.3 Å². The molecule has 2 fully saturated rings. The Kier molecular flexibility index (Phi) is 3.48. The van der Waals surface area contributed by atoms with E-state index >= 15 is 0 Å². The molecule has 4 heteroatoms. The molecule has 1 aliphatic carbocycles. The van der Waals surface area contributed by atoms with Gasteiger partial charge in [0, 0.05) is 43.3 Å². The first-order valence-corrected chi connectivity index (χ1v) is 8.32. The number of para-hydroxylation sites is 1. The Hall–Kier alpha value is -1.32. The van der Waals surface area contributed by atoms with Crippen molar-refractivity contribution in [2.45, 2.75) is 24.8 Å². The molecule has 0 amide bonds. The van der Waals surface area contributed by atoms with E-state index in [1.165, 1.54) is 37.0 Å². The van der Waals surface area contributed by atoms with Gasteiger partial charge in [-0.3, -0.25) is 9.88 Å². The Morgan fingerprint density at radius 2 is 1.86 bits per heavy atom. The van der Waals surface area contributed by atoms with E-state index in [1.807, 2.05) is 6.07 Å². The smallest absolute Gasteiger partial charge is 0.0726 e. The van der Waals surface area contributed by atoms with Crippen LogP contribution in [0.1, 0.15) is 18.5 Å². The molecule has 2 heterocycles. The standard InChI is InChI=1S/C17H20ClN3/c18-12-13-11-17(15-3-1-2-4-16(15)19-13)21-9-7-20(8-10-21)14-5-6-14/h1-4,11,14H,5-10,12H2. The lowest BCUT2D eigenvalue weighted by atomic mass is 10.1. The summed E-state index contributed by atoms with van der Waals surface area (Å²) < 4.78 is 0. The summed E-state index contributed by atoms with van der Waals surface area (Å²) in [6.45, 7) is 4.56. The summed E-state index contributed by atoms with van der Waals surface area (Å²) in [7, 11) is 0. The topological polar surface area (TPSA) is 19.4 Å². The van der Waals surface area contributed by atoms with Crippen LogP contribution in [0, 0.1) is 0 Å². The largest absolute Gasteiger partial charge is 0.368 e. The first-order valence-electron chi connectivity index (χ1n) is 7.79. The van der Waals surface area contributed by atoms with Crippen LogP contribution >= 0.6 is 11.6 Å². The molecule has 0 atom stereocenters. The van der Waals surface area contributed by atoms with Crippen LogP contribution in [-0.2, 0) is 5.88 Å². The number of anilines is 1. The maximum atomic E-state index is 6.02. The lowest BCUT2D eigenvalue weighted by molar-refractivity contribution is 0.248. The molecule has 1 aromatic heterocycles. The minimum Gasteiger partial charge on any atom is -0.368 e. The van der Waals surface area contributed by atoms with Crippen molar-refractivity contribution in [3.8, 4) is 0 Å². The van der Waals surface area contributed by atoms with Crippen molar-refractivity contribution in [3.63, 3.8) is 0 Å². The molecule has 4 rings (SSSR count). The van der Waals surface area contributed by atoms with Gasteiger partial charge in [0.25, 0.3) is 0 Å². The summed E-state index contributed by atoms with van der Waals surface area (Å²) in [6.07, 6.45) is 2.79. The third-order valence-corrected chi connectivity index (χ3v) is 4.88. The van der Waals surface area contributed by atoms with E-state index < -0.39 is 0 Å². The zero-order valence-corrected chi connectivity index (χ0v) is 12.9. The van der Waals surface area contributed by atoms with Crippen molar-refractivity contribution in [2.24, 2.45) is 0 Å². The highest BCUT2D eigenvalue weighted by Crippen LogP contribution is 2.31. The van der Waals surface area contributed by atoms with Gasteiger partial charge in [0.05, 0.1) is 17.1 Å². The van der Waals surface area contributed by atoms with E-state index in [0.717, 1.165) is 30.3 Å². The van der Waals surface area contributed by atoms with Crippen LogP contribution in [0.3, 0.4) is 0 Å². The fourth-order valence-corrected chi connectivity index (χ4v) is 3.44. The average Bonchev–Trinajstić information content (AvgIpc) is 3.39. The van der Waals surface area contributed by atoms with Gasteiger partial charge < -0.3 is 4.90 Å². The van der Waals surface area contributed by atoms with Crippen LogP contribution in [0.2, 0.25) is 0 Å². The molecule has 3 nitrogen and oxygen atoms in total. The lowest BCUT2D eigenvalue weighted by Gasteiger charge is -2.36. The second kappa shape index (κ2) is 5.47. The van der Waals surface area contributed by atoms with E-state index in [9.17, 15) is 0 Å². The van der Waals surface area contributed by atoms with Crippen molar-refractivity contribution in [3.05, 3.63) is 36.0 Å². The SMILES string of the molecule is ClCc1cc(N2CCN(C3CC3)CC2)c2ccccc2n1. The Bertz CT molecular complexity index is 646. The first kappa shape index (κ1) is 13.4. The molecule has 0 N–H and O–H groups in total. The molecule has 21 heavy (non-hydrogen) atoms. The third kappa shape index (κ3) is 2.60. The molecule has 0 radical (unpaired) electrons. The molecule has 2 aliphatic rings. The molecule has 1 aliphatic heterocycles. The summed E-state index contributed by atoms with van der Waals surface area (Å²) >= 11 is 6.02. The van der Waals surface area contributed by atoms with E-state index in [0.29, 0.717) is 5.88 Å². The van der Waals surface area contributed by atoms with Crippen LogP contribution in [-0.4, -0.2) is 42.1 Å². The fourth-order valence-electron chi connectivity index (χ4n) is 3.31. The summed E-state index contributed by atoms with van der Waals surface area (Å²) in [6, 6.07) is 11.4. The van der Waals surface area contributed by atoms with Gasteiger partial charge >= 0.3 is 0 Å². The number of pyridine rings is 1. The molecule has 1 saturated carbocycles. The summed E-state index contributed by atoms with van der Waals surface area (Å²) in [5, 5.41) is 1.24. The van der Waals surface area contributed by atoms with Gasteiger partial charge in [0.1, 0.15) is 0 Å². The predicted octanol–water partition coefficient (Wildman–Crippen LogP) is 3.26. The fraction of sp³-hybridized carbons (Fsp3) is 0.471. The lowest BCUT2D eigenvalue weighted by Crippen LogP contribution is -2.47. The number of aromatic nitrogens is 1. The number of alkyl halides is 1. The maximum absolute atomic E-state index is 6.02. The Morgan fingerprint density at radius 3 is 2.57 bits per heavy atom. The molecule has 0 bridgehead atoms. The zero-order valence-electron chi connectivity index (χ0n) is 12.1. The molecule has 0 unspecified atom stereocenters. The normalized spacial score (nSPS) is 20.1. The van der Waals surface area contributed by atoms with Crippen molar-refractivity contribution in [1.29, 1.82) is 0 Å². The van der Waals surface area contributed by atoms with Gasteiger partial charge in [0.15, 0.2) is 0 Å². The summed E-state index contributed by atoms with van der Waals surface area (Å²) in [5.41, 5.74) is 3.32. The number of hydrogen-bond acceptors (Lipinski definition) is 3. The van der Waals surface area contributed by atoms with Crippen molar-refractivity contribution >= 4 is 28.2 Å². The molecule has 110 valence electrons. The van der Waals surface area contributed by atoms with Crippen molar-refractivity contribution in [1.82, 2.24) is 9.88 Å². The maximum Gasteiger partial charge on any atom is 0.0726 e. The van der Waals surface area contributed by atoms with Crippen LogP contribution in [0.4, 0.5) is 5.69 Å². The highest BCUT2D eigenvalue weighted by Gasteiger charge is 2.31. The third-order valence-electron chi connectivity index (χ3n) is 4.60. The number of halogens is 1. The minimum absolute atomic E-state index is 0.472. The summed E-state index contributed by atoms with van der Waals surface area (Å²) in [4.78, 5) is 9.77. The van der Waals surface area contributed by atoms with E-state index in [1.54, 1.807) is 0 Å². The number of nitrogens with zero attached hydrogens (tertiary/aromatic N) is 3. The second-order valence-electron chi connectivity index (χ2n) is 6.04. The number of hydrogen-bond donors (Lipinski definition) is 0. The van der Waals surface area contributed by atoms with Gasteiger partial charge in [-0.05, 0) is 25.0 Å².